The third kappa shape index (κ3) is 3.87. The maximum absolute atomic E-state index is 11.6. The van der Waals surface area contributed by atoms with Crippen LogP contribution in [0.5, 0.6) is 0 Å². The average molecular weight is 258 g/mol. The highest BCUT2D eigenvalue weighted by Gasteiger charge is 2.05. The van der Waals surface area contributed by atoms with Crippen molar-refractivity contribution in [2.75, 3.05) is 12.4 Å². The van der Waals surface area contributed by atoms with Gasteiger partial charge in [-0.1, -0.05) is 29.8 Å². The van der Waals surface area contributed by atoms with Gasteiger partial charge in [-0.05, 0) is 24.6 Å². The number of halogens is 2. The molecule has 0 aliphatic heterocycles. The second kappa shape index (κ2) is 6.56. The summed E-state index contributed by atoms with van der Waals surface area (Å²) in [7, 11) is 0. The zero-order valence-corrected chi connectivity index (χ0v) is 10.5. The SMILES string of the molecule is Cc1ccc(C(=O)NC/C=C/CCl)cc1Cl. The van der Waals surface area contributed by atoms with Gasteiger partial charge in [-0.2, -0.15) is 0 Å². The standard InChI is InChI=1S/C12H13Cl2NO/c1-9-4-5-10(8-11(9)14)12(16)15-7-3-2-6-13/h2-5,8H,6-7H2,1H3,(H,15,16)/b3-2+. The second-order valence-corrected chi connectivity index (χ2v) is 4.02. The highest BCUT2D eigenvalue weighted by Crippen LogP contribution is 2.16. The fraction of sp³-hybridized carbons (Fsp3) is 0.250. The average Bonchev–Trinajstić information content (AvgIpc) is 2.28. The maximum atomic E-state index is 11.6. The first-order valence-corrected chi connectivity index (χ1v) is 5.81. The first-order chi connectivity index (χ1) is 7.65. The van der Waals surface area contributed by atoms with Crippen LogP contribution in [0.25, 0.3) is 0 Å². The van der Waals surface area contributed by atoms with Crippen molar-refractivity contribution in [3.8, 4) is 0 Å². The normalized spacial score (nSPS) is 10.7. The number of hydrogen-bond donors (Lipinski definition) is 1. The molecule has 0 saturated heterocycles. The zero-order valence-electron chi connectivity index (χ0n) is 8.97. The van der Waals surface area contributed by atoms with E-state index in [4.69, 9.17) is 23.2 Å². The minimum Gasteiger partial charge on any atom is -0.349 e. The summed E-state index contributed by atoms with van der Waals surface area (Å²) in [6.45, 7) is 2.37. The molecule has 16 heavy (non-hydrogen) atoms. The largest absolute Gasteiger partial charge is 0.349 e. The summed E-state index contributed by atoms with van der Waals surface area (Å²) in [6.07, 6.45) is 3.59. The van der Waals surface area contributed by atoms with E-state index in [9.17, 15) is 4.79 Å². The van der Waals surface area contributed by atoms with Gasteiger partial charge in [-0.25, -0.2) is 0 Å². The number of carbonyl (C=O) groups excluding carboxylic acids is 1. The molecule has 1 amide bonds. The van der Waals surface area contributed by atoms with Gasteiger partial charge in [-0.15, -0.1) is 11.6 Å². The molecule has 0 aromatic heterocycles. The van der Waals surface area contributed by atoms with Crippen LogP contribution in [-0.4, -0.2) is 18.3 Å². The molecule has 0 bridgehead atoms. The zero-order chi connectivity index (χ0) is 12.0. The predicted octanol–water partition coefficient (Wildman–Crippen LogP) is 3.17. The molecular formula is C12H13Cl2NO. The number of benzene rings is 1. The number of alkyl halides is 1. The minimum atomic E-state index is -0.138. The van der Waals surface area contributed by atoms with Crippen LogP contribution in [0.4, 0.5) is 0 Å². The van der Waals surface area contributed by atoms with Crippen LogP contribution in [0.2, 0.25) is 5.02 Å². The molecule has 0 unspecified atom stereocenters. The summed E-state index contributed by atoms with van der Waals surface area (Å²) in [4.78, 5) is 11.6. The van der Waals surface area contributed by atoms with Crippen molar-refractivity contribution < 1.29 is 4.79 Å². The van der Waals surface area contributed by atoms with E-state index in [2.05, 4.69) is 5.32 Å². The van der Waals surface area contributed by atoms with Crippen molar-refractivity contribution in [2.24, 2.45) is 0 Å². The van der Waals surface area contributed by atoms with Crippen LogP contribution in [0.1, 0.15) is 15.9 Å². The molecule has 0 atom stereocenters. The van der Waals surface area contributed by atoms with Crippen molar-refractivity contribution >= 4 is 29.1 Å². The Morgan fingerprint density at radius 1 is 1.44 bits per heavy atom. The fourth-order valence-corrected chi connectivity index (χ4v) is 1.44. The van der Waals surface area contributed by atoms with Gasteiger partial charge in [0.05, 0.1) is 0 Å². The number of nitrogens with one attached hydrogen (secondary N) is 1. The highest BCUT2D eigenvalue weighted by molar-refractivity contribution is 6.31. The summed E-state index contributed by atoms with van der Waals surface area (Å²) < 4.78 is 0. The third-order valence-corrected chi connectivity index (χ3v) is 2.66. The first kappa shape index (κ1) is 13.1. The van der Waals surface area contributed by atoms with E-state index >= 15 is 0 Å². The van der Waals surface area contributed by atoms with E-state index in [-0.39, 0.29) is 5.91 Å². The van der Waals surface area contributed by atoms with Gasteiger partial charge in [0.15, 0.2) is 0 Å². The fourth-order valence-electron chi connectivity index (χ4n) is 1.13. The molecule has 4 heteroatoms. The van der Waals surface area contributed by atoms with Gasteiger partial charge >= 0.3 is 0 Å². The Hall–Kier alpha value is -0.990. The summed E-state index contributed by atoms with van der Waals surface area (Å²) in [6, 6.07) is 5.24. The number of hydrogen-bond acceptors (Lipinski definition) is 1. The van der Waals surface area contributed by atoms with Crippen molar-refractivity contribution in [3.05, 3.63) is 46.5 Å². The lowest BCUT2D eigenvalue weighted by atomic mass is 10.1. The summed E-state index contributed by atoms with van der Waals surface area (Å²) in [5.74, 6) is 0.313. The van der Waals surface area contributed by atoms with Crippen LogP contribution in [0.15, 0.2) is 30.4 Å². The van der Waals surface area contributed by atoms with E-state index < -0.39 is 0 Å². The van der Waals surface area contributed by atoms with Gasteiger partial charge in [-0.3, -0.25) is 4.79 Å². The predicted molar refractivity (Wildman–Crippen MR) is 68.4 cm³/mol. The molecular weight excluding hydrogens is 245 g/mol. The highest BCUT2D eigenvalue weighted by atomic mass is 35.5. The Kier molecular flexibility index (Phi) is 5.36. The Morgan fingerprint density at radius 2 is 2.19 bits per heavy atom. The molecule has 0 fully saturated rings. The molecule has 1 aromatic carbocycles. The molecule has 0 aliphatic carbocycles. The lowest BCUT2D eigenvalue weighted by molar-refractivity contribution is 0.0958. The monoisotopic (exact) mass is 257 g/mol. The Bertz CT molecular complexity index is 402. The molecule has 0 heterocycles. The maximum Gasteiger partial charge on any atom is 0.251 e. The molecule has 0 radical (unpaired) electrons. The molecule has 0 saturated carbocycles. The Labute approximate surface area is 105 Å². The van der Waals surface area contributed by atoms with Gasteiger partial charge in [0.25, 0.3) is 5.91 Å². The number of carbonyl (C=O) groups is 1. The summed E-state index contributed by atoms with van der Waals surface area (Å²) in [5, 5.41) is 3.34. The second-order valence-electron chi connectivity index (χ2n) is 3.30. The molecule has 1 rings (SSSR count). The van der Waals surface area contributed by atoms with E-state index in [1.807, 2.05) is 13.0 Å². The quantitative estimate of drug-likeness (QED) is 0.652. The van der Waals surface area contributed by atoms with Crippen LogP contribution < -0.4 is 5.32 Å². The van der Waals surface area contributed by atoms with Gasteiger partial charge in [0.1, 0.15) is 0 Å². The first-order valence-electron chi connectivity index (χ1n) is 4.90. The summed E-state index contributed by atoms with van der Waals surface area (Å²) >= 11 is 11.4. The topological polar surface area (TPSA) is 29.1 Å². The van der Waals surface area contributed by atoms with Gasteiger partial charge < -0.3 is 5.32 Å². The number of aryl methyl sites for hydroxylation is 1. The van der Waals surface area contributed by atoms with Crippen LogP contribution in [-0.2, 0) is 0 Å². The molecule has 2 nitrogen and oxygen atoms in total. The van der Waals surface area contributed by atoms with Crippen LogP contribution in [0, 0.1) is 6.92 Å². The van der Waals surface area contributed by atoms with Gasteiger partial charge in [0.2, 0.25) is 0 Å². The number of allylic oxidation sites excluding steroid dienone is 1. The molecule has 0 aliphatic rings. The van der Waals surface area contributed by atoms with Crippen LogP contribution in [0.3, 0.4) is 0 Å². The van der Waals surface area contributed by atoms with Gasteiger partial charge in [0, 0.05) is 23.0 Å². The minimum absolute atomic E-state index is 0.138. The lowest BCUT2D eigenvalue weighted by Crippen LogP contribution is -2.23. The molecule has 1 aromatic rings. The van der Waals surface area contributed by atoms with Crippen molar-refractivity contribution in [2.45, 2.75) is 6.92 Å². The molecule has 86 valence electrons. The van der Waals surface area contributed by atoms with E-state index in [1.165, 1.54) is 0 Å². The number of amides is 1. The Balaban J connectivity index is 2.59. The molecule has 1 N–H and O–H groups in total. The van der Waals surface area contributed by atoms with E-state index in [0.717, 1.165) is 5.56 Å². The number of rotatable bonds is 4. The Morgan fingerprint density at radius 3 is 2.81 bits per heavy atom. The van der Waals surface area contributed by atoms with Crippen LogP contribution >= 0.6 is 23.2 Å². The smallest absolute Gasteiger partial charge is 0.251 e. The van der Waals surface area contributed by atoms with Crippen molar-refractivity contribution in [1.29, 1.82) is 0 Å². The molecule has 0 spiro atoms. The van der Waals surface area contributed by atoms with Crippen molar-refractivity contribution in [3.63, 3.8) is 0 Å². The van der Waals surface area contributed by atoms with Crippen molar-refractivity contribution in [1.82, 2.24) is 5.32 Å². The summed E-state index contributed by atoms with van der Waals surface area (Å²) in [5.41, 5.74) is 1.52. The van der Waals surface area contributed by atoms with E-state index in [0.29, 0.717) is 23.0 Å². The third-order valence-electron chi connectivity index (χ3n) is 2.07. The van der Waals surface area contributed by atoms with E-state index in [1.54, 1.807) is 24.3 Å². The lowest BCUT2D eigenvalue weighted by Gasteiger charge is -2.04.